The Hall–Kier alpha value is -0.160. The van der Waals surface area contributed by atoms with Gasteiger partial charge in [-0.15, -0.1) is 0 Å². The van der Waals surface area contributed by atoms with Gasteiger partial charge in [-0.1, -0.05) is 0 Å². The van der Waals surface area contributed by atoms with Crippen LogP contribution in [-0.4, -0.2) is 50.6 Å². The zero-order chi connectivity index (χ0) is 10.6. The molecule has 0 radical (unpaired) electrons. The molecule has 1 atom stereocenters. The monoisotopic (exact) mass is 202 g/mol. The molecule has 0 aromatic carbocycles. The van der Waals surface area contributed by atoms with Crippen molar-refractivity contribution in [3.05, 3.63) is 0 Å². The van der Waals surface area contributed by atoms with Crippen molar-refractivity contribution in [1.82, 2.24) is 4.90 Å². The third kappa shape index (κ3) is 2.45. The Kier molecular flexibility index (Phi) is 4.31. The first kappa shape index (κ1) is 11.9. The number of likely N-dealkylation sites (tertiary alicyclic amines) is 1. The lowest BCUT2D eigenvalue weighted by atomic mass is 10.0. The molecule has 0 aromatic heterocycles. The highest BCUT2D eigenvalue weighted by Gasteiger charge is 2.35. The van der Waals surface area contributed by atoms with Gasteiger partial charge in [-0.3, -0.25) is 4.90 Å². The molecule has 1 aliphatic rings. The molecule has 84 valence electrons. The maximum atomic E-state index is 5.63. The summed E-state index contributed by atoms with van der Waals surface area (Å²) in [4.78, 5) is 2.39. The zero-order valence-electron chi connectivity index (χ0n) is 9.45. The maximum absolute atomic E-state index is 5.63. The van der Waals surface area contributed by atoms with Crippen molar-refractivity contribution in [3.63, 3.8) is 0 Å². The lowest BCUT2D eigenvalue weighted by molar-refractivity contribution is -0.230. The molecule has 0 bridgehead atoms. The van der Waals surface area contributed by atoms with Gasteiger partial charge in [-0.2, -0.15) is 0 Å². The Morgan fingerprint density at radius 3 is 2.14 bits per heavy atom. The summed E-state index contributed by atoms with van der Waals surface area (Å²) in [5.41, 5.74) is 5.63. The summed E-state index contributed by atoms with van der Waals surface area (Å²) in [7, 11) is 3.43. The third-order valence-electron chi connectivity index (χ3n) is 3.27. The Bertz CT molecular complexity index is 162. The molecule has 0 saturated carbocycles. The van der Waals surface area contributed by atoms with E-state index in [0.29, 0.717) is 12.6 Å². The van der Waals surface area contributed by atoms with E-state index in [-0.39, 0.29) is 5.79 Å². The van der Waals surface area contributed by atoms with Gasteiger partial charge in [0.05, 0.1) is 0 Å². The molecule has 0 spiro atoms. The van der Waals surface area contributed by atoms with Gasteiger partial charge in [-0.25, -0.2) is 0 Å². The summed E-state index contributed by atoms with van der Waals surface area (Å²) in [6.45, 7) is 4.87. The van der Waals surface area contributed by atoms with Crippen molar-refractivity contribution in [2.75, 3.05) is 33.9 Å². The number of nitrogens with two attached hydrogens (primary N) is 1. The van der Waals surface area contributed by atoms with Crippen LogP contribution < -0.4 is 5.73 Å². The van der Waals surface area contributed by atoms with Gasteiger partial charge in [0.1, 0.15) is 0 Å². The van der Waals surface area contributed by atoms with Crippen LogP contribution in [0.15, 0.2) is 0 Å². The van der Waals surface area contributed by atoms with E-state index in [0.717, 1.165) is 25.9 Å². The Morgan fingerprint density at radius 1 is 1.29 bits per heavy atom. The predicted octanol–water partition coefficient (Wildman–Crippen LogP) is 0.419. The highest BCUT2D eigenvalue weighted by molar-refractivity contribution is 4.82. The van der Waals surface area contributed by atoms with Crippen molar-refractivity contribution in [2.45, 2.75) is 31.6 Å². The van der Waals surface area contributed by atoms with Crippen molar-refractivity contribution in [3.8, 4) is 0 Å². The van der Waals surface area contributed by atoms with Crippen molar-refractivity contribution < 1.29 is 9.47 Å². The van der Waals surface area contributed by atoms with Gasteiger partial charge in [0, 0.05) is 52.7 Å². The molecular formula is C10H22N2O2. The van der Waals surface area contributed by atoms with E-state index < -0.39 is 0 Å². The summed E-state index contributed by atoms with van der Waals surface area (Å²) in [5, 5.41) is 0. The minimum absolute atomic E-state index is 0.356. The summed E-state index contributed by atoms with van der Waals surface area (Å²) in [5.74, 6) is -0.356. The van der Waals surface area contributed by atoms with Crippen LogP contribution in [0.5, 0.6) is 0 Å². The van der Waals surface area contributed by atoms with Crippen LogP contribution in [0.4, 0.5) is 0 Å². The molecule has 0 aliphatic carbocycles. The first-order chi connectivity index (χ1) is 6.67. The van der Waals surface area contributed by atoms with E-state index in [1.807, 2.05) is 0 Å². The molecule has 1 fully saturated rings. The second-order valence-corrected chi connectivity index (χ2v) is 3.94. The maximum Gasteiger partial charge on any atom is 0.169 e. The second-order valence-electron chi connectivity index (χ2n) is 3.94. The van der Waals surface area contributed by atoms with E-state index in [4.69, 9.17) is 15.2 Å². The van der Waals surface area contributed by atoms with Crippen LogP contribution in [0, 0.1) is 0 Å². The lowest BCUT2D eigenvalue weighted by Gasteiger charge is -2.41. The summed E-state index contributed by atoms with van der Waals surface area (Å²) in [6, 6.07) is 0.460. The molecule has 1 saturated heterocycles. The molecule has 1 aliphatic heterocycles. The first-order valence-electron chi connectivity index (χ1n) is 5.22. The van der Waals surface area contributed by atoms with Crippen molar-refractivity contribution >= 4 is 0 Å². The van der Waals surface area contributed by atoms with Crippen LogP contribution >= 0.6 is 0 Å². The lowest BCUT2D eigenvalue weighted by Crippen LogP contribution is -2.50. The number of methoxy groups -OCH3 is 2. The van der Waals surface area contributed by atoms with Crippen molar-refractivity contribution in [1.29, 1.82) is 0 Å². The Morgan fingerprint density at radius 2 is 1.79 bits per heavy atom. The second kappa shape index (κ2) is 5.07. The van der Waals surface area contributed by atoms with Crippen LogP contribution in [0.1, 0.15) is 19.8 Å². The number of nitrogens with zero attached hydrogens (tertiary/aromatic N) is 1. The zero-order valence-corrected chi connectivity index (χ0v) is 9.45. The third-order valence-corrected chi connectivity index (χ3v) is 3.27. The van der Waals surface area contributed by atoms with E-state index in [9.17, 15) is 0 Å². The van der Waals surface area contributed by atoms with Crippen LogP contribution in [0.25, 0.3) is 0 Å². The number of rotatable bonds is 4. The quantitative estimate of drug-likeness (QED) is 0.671. The SMILES string of the molecule is COC1(OC)CCN(C(C)CN)CC1. The molecule has 1 unspecified atom stereocenters. The van der Waals surface area contributed by atoms with Gasteiger partial charge in [0.15, 0.2) is 5.79 Å². The standard InChI is InChI=1S/C10H22N2O2/c1-9(8-11)12-6-4-10(13-2,14-3)5-7-12/h9H,4-8,11H2,1-3H3. The normalized spacial score (nSPS) is 24.9. The van der Waals surface area contributed by atoms with Gasteiger partial charge < -0.3 is 15.2 Å². The molecule has 1 heterocycles. The van der Waals surface area contributed by atoms with Gasteiger partial charge >= 0.3 is 0 Å². The Balaban J connectivity index is 2.44. The molecule has 1 rings (SSSR count). The Labute approximate surface area is 86.3 Å². The topological polar surface area (TPSA) is 47.7 Å². The smallest absolute Gasteiger partial charge is 0.169 e. The molecule has 0 aromatic rings. The molecule has 0 amide bonds. The average Bonchev–Trinajstić information content (AvgIpc) is 2.28. The van der Waals surface area contributed by atoms with Crippen LogP contribution in [0.2, 0.25) is 0 Å². The number of hydrogen-bond donors (Lipinski definition) is 1. The van der Waals surface area contributed by atoms with E-state index in [1.165, 1.54) is 0 Å². The van der Waals surface area contributed by atoms with Gasteiger partial charge in [0.25, 0.3) is 0 Å². The minimum Gasteiger partial charge on any atom is -0.353 e. The number of hydrogen-bond acceptors (Lipinski definition) is 4. The van der Waals surface area contributed by atoms with Crippen LogP contribution in [-0.2, 0) is 9.47 Å². The first-order valence-corrected chi connectivity index (χ1v) is 5.22. The van der Waals surface area contributed by atoms with Gasteiger partial charge in [-0.05, 0) is 6.92 Å². The fourth-order valence-electron chi connectivity index (χ4n) is 1.95. The molecular weight excluding hydrogens is 180 g/mol. The minimum atomic E-state index is -0.356. The van der Waals surface area contributed by atoms with Crippen molar-refractivity contribution in [2.24, 2.45) is 5.73 Å². The fraction of sp³-hybridized carbons (Fsp3) is 1.00. The number of ether oxygens (including phenoxy) is 2. The predicted molar refractivity (Wildman–Crippen MR) is 56.1 cm³/mol. The number of piperidine rings is 1. The summed E-state index contributed by atoms with van der Waals surface area (Å²) < 4.78 is 10.8. The molecule has 4 nitrogen and oxygen atoms in total. The van der Waals surface area contributed by atoms with E-state index in [1.54, 1.807) is 14.2 Å². The van der Waals surface area contributed by atoms with E-state index >= 15 is 0 Å². The van der Waals surface area contributed by atoms with E-state index in [2.05, 4.69) is 11.8 Å². The summed E-state index contributed by atoms with van der Waals surface area (Å²) in [6.07, 6.45) is 1.84. The average molecular weight is 202 g/mol. The fourth-order valence-corrected chi connectivity index (χ4v) is 1.95. The summed E-state index contributed by atoms with van der Waals surface area (Å²) >= 11 is 0. The highest BCUT2D eigenvalue weighted by Crippen LogP contribution is 2.26. The molecule has 4 heteroatoms. The molecule has 2 N–H and O–H groups in total. The highest BCUT2D eigenvalue weighted by atomic mass is 16.7. The largest absolute Gasteiger partial charge is 0.353 e. The van der Waals surface area contributed by atoms with Gasteiger partial charge in [0.2, 0.25) is 0 Å². The van der Waals surface area contributed by atoms with Crippen LogP contribution in [0.3, 0.4) is 0 Å². The molecule has 14 heavy (non-hydrogen) atoms.